The molecule has 1 amide bonds. The van der Waals surface area contributed by atoms with E-state index in [1.54, 1.807) is 6.20 Å². The fourth-order valence-electron chi connectivity index (χ4n) is 1.72. The van der Waals surface area contributed by atoms with E-state index in [0.717, 1.165) is 11.1 Å². The van der Waals surface area contributed by atoms with Gasteiger partial charge in [-0.05, 0) is 11.6 Å². The molecular weight excluding hydrogens is 268 g/mol. The van der Waals surface area contributed by atoms with E-state index >= 15 is 0 Å². The van der Waals surface area contributed by atoms with Crippen molar-refractivity contribution in [1.82, 2.24) is 20.3 Å². The molecule has 0 radical (unpaired) electrons. The molecule has 0 unspecified atom stereocenters. The molecule has 6 nitrogen and oxygen atoms in total. The zero-order valence-corrected chi connectivity index (χ0v) is 11.5. The van der Waals surface area contributed by atoms with Crippen molar-refractivity contribution in [2.75, 3.05) is 6.61 Å². The fraction of sp³-hybridized carbons (Fsp3) is 0.267. The number of amides is 1. The van der Waals surface area contributed by atoms with Crippen LogP contribution in [0.2, 0.25) is 0 Å². The molecule has 1 heterocycles. The van der Waals surface area contributed by atoms with Gasteiger partial charge in [0.05, 0.1) is 12.8 Å². The molecule has 0 bridgehead atoms. The highest BCUT2D eigenvalue weighted by molar-refractivity contribution is 5.75. The summed E-state index contributed by atoms with van der Waals surface area (Å²) >= 11 is 0. The van der Waals surface area contributed by atoms with Crippen molar-refractivity contribution in [3.8, 4) is 11.8 Å². The summed E-state index contributed by atoms with van der Waals surface area (Å²) in [6.07, 6.45) is 3.60. The van der Waals surface area contributed by atoms with Gasteiger partial charge in [0.25, 0.3) is 0 Å². The maximum Gasteiger partial charge on any atom is 0.242 e. The minimum atomic E-state index is -0.140. The summed E-state index contributed by atoms with van der Waals surface area (Å²) in [6, 6.07) is 7.60. The van der Waals surface area contributed by atoms with Gasteiger partial charge in [-0.1, -0.05) is 35.3 Å². The molecule has 0 saturated carbocycles. The Morgan fingerprint density at radius 1 is 1.38 bits per heavy atom. The van der Waals surface area contributed by atoms with E-state index in [4.69, 9.17) is 5.11 Å². The first-order chi connectivity index (χ1) is 10.3. The zero-order valence-electron chi connectivity index (χ0n) is 11.5. The van der Waals surface area contributed by atoms with Crippen molar-refractivity contribution in [3.63, 3.8) is 0 Å². The first-order valence-corrected chi connectivity index (χ1v) is 6.58. The number of nitrogens with one attached hydrogen (secondary N) is 1. The number of hydrogen-bond donors (Lipinski definition) is 2. The number of aromatic nitrogens is 3. The van der Waals surface area contributed by atoms with E-state index < -0.39 is 0 Å². The summed E-state index contributed by atoms with van der Waals surface area (Å²) < 4.78 is 1.46. The van der Waals surface area contributed by atoms with E-state index in [1.165, 1.54) is 10.9 Å². The molecule has 21 heavy (non-hydrogen) atoms. The third kappa shape index (κ3) is 4.75. The minimum absolute atomic E-state index is 0.0454. The Morgan fingerprint density at radius 2 is 2.24 bits per heavy atom. The second kappa shape index (κ2) is 7.82. The van der Waals surface area contributed by atoms with Gasteiger partial charge >= 0.3 is 0 Å². The number of nitrogens with zero attached hydrogens (tertiary/aromatic N) is 3. The summed E-state index contributed by atoms with van der Waals surface area (Å²) in [6.45, 7) is 0.583. The van der Waals surface area contributed by atoms with Gasteiger partial charge in [0.1, 0.15) is 6.54 Å². The number of rotatable bonds is 5. The standard InChI is InChI=1S/C15H16N4O2/c20-10-4-3-6-13-5-1-2-7-14(13)11-16-15(21)12-19-9-8-17-18-19/h1-2,5,7-9,20H,4,10-12H2,(H,16,21). The van der Waals surface area contributed by atoms with Gasteiger partial charge in [-0.2, -0.15) is 0 Å². The molecule has 0 aliphatic heterocycles. The Morgan fingerprint density at radius 3 is 3.00 bits per heavy atom. The highest BCUT2D eigenvalue weighted by Gasteiger charge is 2.05. The van der Waals surface area contributed by atoms with E-state index in [1.807, 2.05) is 24.3 Å². The van der Waals surface area contributed by atoms with E-state index in [2.05, 4.69) is 27.5 Å². The SMILES string of the molecule is O=C(Cn1ccnn1)NCc1ccccc1C#CCCO. The summed E-state index contributed by atoms with van der Waals surface area (Å²) in [7, 11) is 0. The van der Waals surface area contributed by atoms with Crippen molar-refractivity contribution in [2.24, 2.45) is 0 Å². The Kier molecular flexibility index (Phi) is 5.50. The second-order valence-electron chi connectivity index (χ2n) is 4.31. The molecule has 0 aliphatic carbocycles. The molecule has 0 aliphatic rings. The van der Waals surface area contributed by atoms with E-state index in [0.29, 0.717) is 13.0 Å². The molecule has 0 fully saturated rings. The Hall–Kier alpha value is -2.65. The van der Waals surface area contributed by atoms with Gasteiger partial charge in [-0.3, -0.25) is 4.79 Å². The van der Waals surface area contributed by atoms with Crippen molar-refractivity contribution in [1.29, 1.82) is 0 Å². The normalized spacial score (nSPS) is 9.76. The average molecular weight is 284 g/mol. The van der Waals surface area contributed by atoms with Gasteiger partial charge in [0.2, 0.25) is 5.91 Å². The highest BCUT2D eigenvalue weighted by atomic mass is 16.2. The molecular formula is C15H16N4O2. The molecule has 108 valence electrons. The third-order valence-electron chi connectivity index (χ3n) is 2.73. The van der Waals surface area contributed by atoms with Crippen LogP contribution in [-0.2, 0) is 17.9 Å². The van der Waals surface area contributed by atoms with Crippen LogP contribution in [0.25, 0.3) is 0 Å². The van der Waals surface area contributed by atoms with Crippen LogP contribution in [0.3, 0.4) is 0 Å². The quantitative estimate of drug-likeness (QED) is 0.775. The number of carbonyl (C=O) groups is 1. The number of carbonyl (C=O) groups excluding carboxylic acids is 1. The van der Waals surface area contributed by atoms with Crippen molar-refractivity contribution in [2.45, 2.75) is 19.5 Å². The predicted octanol–water partition coefficient (Wildman–Crippen LogP) is 0.328. The lowest BCUT2D eigenvalue weighted by molar-refractivity contribution is -0.122. The lowest BCUT2D eigenvalue weighted by Crippen LogP contribution is -2.27. The zero-order chi connectivity index (χ0) is 14.9. The average Bonchev–Trinajstić information content (AvgIpc) is 2.99. The van der Waals surface area contributed by atoms with Crippen LogP contribution in [0, 0.1) is 11.8 Å². The van der Waals surface area contributed by atoms with Gasteiger partial charge in [-0.25, -0.2) is 4.68 Å². The van der Waals surface area contributed by atoms with Crippen molar-refractivity contribution >= 4 is 5.91 Å². The van der Waals surface area contributed by atoms with E-state index in [-0.39, 0.29) is 19.1 Å². The lowest BCUT2D eigenvalue weighted by atomic mass is 10.1. The molecule has 2 N–H and O–H groups in total. The molecule has 6 heteroatoms. The molecule has 1 aromatic carbocycles. The molecule has 0 saturated heterocycles. The van der Waals surface area contributed by atoms with Crippen LogP contribution in [0.5, 0.6) is 0 Å². The first kappa shape index (κ1) is 14.8. The number of hydrogen-bond acceptors (Lipinski definition) is 4. The first-order valence-electron chi connectivity index (χ1n) is 6.58. The molecule has 2 rings (SSSR count). The summed E-state index contributed by atoms with van der Waals surface area (Å²) in [5.41, 5.74) is 1.79. The number of aliphatic hydroxyl groups excluding tert-OH is 1. The van der Waals surface area contributed by atoms with Gasteiger partial charge in [-0.15, -0.1) is 5.10 Å². The molecule has 2 aromatic rings. The lowest BCUT2D eigenvalue weighted by Gasteiger charge is -2.07. The summed E-state index contributed by atoms with van der Waals surface area (Å²) in [5, 5.41) is 18.9. The van der Waals surface area contributed by atoms with Gasteiger partial charge in [0, 0.05) is 24.7 Å². The smallest absolute Gasteiger partial charge is 0.242 e. The van der Waals surface area contributed by atoms with Crippen LogP contribution in [-0.4, -0.2) is 32.6 Å². The van der Waals surface area contributed by atoms with Crippen LogP contribution >= 0.6 is 0 Å². The number of benzene rings is 1. The Bertz CT molecular complexity index is 641. The molecule has 1 aromatic heterocycles. The van der Waals surface area contributed by atoms with Crippen molar-refractivity contribution < 1.29 is 9.90 Å². The molecule has 0 atom stereocenters. The van der Waals surface area contributed by atoms with Crippen LogP contribution in [0.15, 0.2) is 36.7 Å². The third-order valence-corrected chi connectivity index (χ3v) is 2.73. The largest absolute Gasteiger partial charge is 0.395 e. The van der Waals surface area contributed by atoms with Gasteiger partial charge in [0.15, 0.2) is 0 Å². The van der Waals surface area contributed by atoms with Crippen LogP contribution in [0.1, 0.15) is 17.5 Å². The minimum Gasteiger partial charge on any atom is -0.395 e. The predicted molar refractivity (Wildman–Crippen MR) is 76.9 cm³/mol. The van der Waals surface area contributed by atoms with Crippen molar-refractivity contribution in [3.05, 3.63) is 47.8 Å². The Balaban J connectivity index is 1.94. The van der Waals surface area contributed by atoms with Crippen LogP contribution in [0.4, 0.5) is 0 Å². The fourth-order valence-corrected chi connectivity index (χ4v) is 1.72. The topological polar surface area (TPSA) is 80.0 Å². The monoisotopic (exact) mass is 284 g/mol. The maximum atomic E-state index is 11.8. The van der Waals surface area contributed by atoms with Crippen LogP contribution < -0.4 is 5.32 Å². The summed E-state index contributed by atoms with van der Waals surface area (Å²) in [4.78, 5) is 11.8. The Labute approximate surface area is 122 Å². The van der Waals surface area contributed by atoms with Gasteiger partial charge < -0.3 is 10.4 Å². The number of aliphatic hydroxyl groups is 1. The highest BCUT2D eigenvalue weighted by Crippen LogP contribution is 2.07. The molecule has 0 spiro atoms. The second-order valence-corrected chi connectivity index (χ2v) is 4.31. The van der Waals surface area contributed by atoms with E-state index in [9.17, 15) is 4.79 Å². The maximum absolute atomic E-state index is 11.8. The summed E-state index contributed by atoms with van der Waals surface area (Å²) in [5.74, 6) is 5.74.